The van der Waals surface area contributed by atoms with Crippen LogP contribution in [0, 0.1) is 12.7 Å². The van der Waals surface area contributed by atoms with E-state index in [-0.39, 0.29) is 11.7 Å². The number of nitrogen functional groups attached to an aromatic ring is 1. The van der Waals surface area contributed by atoms with E-state index in [9.17, 15) is 9.18 Å². The van der Waals surface area contributed by atoms with Crippen molar-refractivity contribution in [3.8, 4) is 0 Å². The molecule has 0 saturated carbocycles. The molecule has 0 radical (unpaired) electrons. The molecule has 98 valence electrons. The van der Waals surface area contributed by atoms with Crippen molar-refractivity contribution in [1.82, 2.24) is 5.32 Å². The van der Waals surface area contributed by atoms with Crippen molar-refractivity contribution in [2.24, 2.45) is 0 Å². The molecule has 1 amide bonds. The molecule has 0 heterocycles. The number of nitrogens with two attached hydrogens (primary N) is 1. The van der Waals surface area contributed by atoms with Crippen LogP contribution in [-0.4, -0.2) is 5.91 Å². The Labute approximate surface area is 111 Å². The number of amides is 1. The lowest BCUT2D eigenvalue weighted by Crippen LogP contribution is -2.23. The van der Waals surface area contributed by atoms with Gasteiger partial charge in [-0.2, -0.15) is 0 Å². The molecular formula is C15H15FN2O. The number of benzene rings is 2. The highest BCUT2D eigenvalue weighted by molar-refractivity contribution is 5.95. The maximum Gasteiger partial charge on any atom is 0.251 e. The Hall–Kier alpha value is -2.36. The molecule has 0 aliphatic carbocycles. The summed E-state index contributed by atoms with van der Waals surface area (Å²) in [5.74, 6) is -0.554. The standard InChI is InChI=1S/C15H15FN2O/c1-10-8-12(16)4-7-14(10)15(19)18-9-11-2-5-13(17)6-3-11/h2-8H,9,17H2,1H3,(H,18,19). The number of halogens is 1. The summed E-state index contributed by atoms with van der Waals surface area (Å²) in [6, 6.07) is 11.4. The monoisotopic (exact) mass is 258 g/mol. The summed E-state index contributed by atoms with van der Waals surface area (Å²) in [7, 11) is 0. The highest BCUT2D eigenvalue weighted by Gasteiger charge is 2.09. The van der Waals surface area contributed by atoms with Crippen LogP contribution in [0.25, 0.3) is 0 Å². The molecule has 2 aromatic rings. The summed E-state index contributed by atoms with van der Waals surface area (Å²) in [5, 5.41) is 2.79. The van der Waals surface area contributed by atoms with Crippen molar-refractivity contribution in [2.75, 3.05) is 5.73 Å². The Morgan fingerprint density at radius 3 is 2.53 bits per heavy atom. The van der Waals surface area contributed by atoms with Crippen molar-refractivity contribution >= 4 is 11.6 Å². The first kappa shape index (κ1) is 13.1. The minimum atomic E-state index is -0.340. The Balaban J connectivity index is 2.03. The van der Waals surface area contributed by atoms with Crippen LogP contribution >= 0.6 is 0 Å². The van der Waals surface area contributed by atoms with Gasteiger partial charge < -0.3 is 11.1 Å². The van der Waals surface area contributed by atoms with Crippen LogP contribution in [0.1, 0.15) is 21.5 Å². The van der Waals surface area contributed by atoms with Gasteiger partial charge in [-0.05, 0) is 48.4 Å². The second-order valence-corrected chi connectivity index (χ2v) is 4.38. The van der Waals surface area contributed by atoms with E-state index in [0.717, 1.165) is 5.56 Å². The van der Waals surface area contributed by atoms with E-state index in [1.807, 2.05) is 12.1 Å². The largest absolute Gasteiger partial charge is 0.399 e. The molecule has 0 fully saturated rings. The number of anilines is 1. The number of aryl methyl sites for hydroxylation is 1. The summed E-state index contributed by atoms with van der Waals surface area (Å²) >= 11 is 0. The Morgan fingerprint density at radius 2 is 1.89 bits per heavy atom. The first-order chi connectivity index (χ1) is 9.06. The third kappa shape index (κ3) is 3.31. The second kappa shape index (κ2) is 5.52. The van der Waals surface area contributed by atoms with Crippen LogP contribution in [0.15, 0.2) is 42.5 Å². The van der Waals surface area contributed by atoms with Gasteiger partial charge in [0, 0.05) is 17.8 Å². The van der Waals surface area contributed by atoms with E-state index >= 15 is 0 Å². The molecule has 2 rings (SSSR count). The first-order valence-corrected chi connectivity index (χ1v) is 5.95. The van der Waals surface area contributed by atoms with Crippen molar-refractivity contribution in [3.63, 3.8) is 0 Å². The molecule has 0 unspecified atom stereocenters. The maximum atomic E-state index is 13.0. The SMILES string of the molecule is Cc1cc(F)ccc1C(=O)NCc1ccc(N)cc1. The topological polar surface area (TPSA) is 55.1 Å². The number of hydrogen-bond acceptors (Lipinski definition) is 2. The fourth-order valence-electron chi connectivity index (χ4n) is 1.79. The molecule has 0 spiro atoms. The number of rotatable bonds is 3. The number of nitrogens with one attached hydrogen (secondary N) is 1. The Morgan fingerprint density at radius 1 is 1.21 bits per heavy atom. The van der Waals surface area contributed by atoms with E-state index in [1.165, 1.54) is 18.2 Å². The van der Waals surface area contributed by atoms with Gasteiger partial charge >= 0.3 is 0 Å². The van der Waals surface area contributed by atoms with Crippen LogP contribution in [0.2, 0.25) is 0 Å². The summed E-state index contributed by atoms with van der Waals surface area (Å²) in [6.07, 6.45) is 0. The van der Waals surface area contributed by atoms with Gasteiger partial charge in [-0.15, -0.1) is 0 Å². The maximum absolute atomic E-state index is 13.0. The third-order valence-electron chi connectivity index (χ3n) is 2.87. The molecule has 0 atom stereocenters. The van der Waals surface area contributed by atoms with Gasteiger partial charge in [-0.3, -0.25) is 4.79 Å². The number of carbonyl (C=O) groups is 1. The number of carbonyl (C=O) groups excluding carboxylic acids is 1. The van der Waals surface area contributed by atoms with Crippen molar-refractivity contribution in [2.45, 2.75) is 13.5 Å². The average molecular weight is 258 g/mol. The van der Waals surface area contributed by atoms with Gasteiger partial charge in [0.15, 0.2) is 0 Å². The Kier molecular flexibility index (Phi) is 3.80. The van der Waals surface area contributed by atoms with E-state index in [4.69, 9.17) is 5.73 Å². The summed E-state index contributed by atoms with van der Waals surface area (Å²) in [5.41, 5.74) is 8.33. The second-order valence-electron chi connectivity index (χ2n) is 4.38. The van der Waals surface area contributed by atoms with Crippen LogP contribution in [0.4, 0.5) is 10.1 Å². The van der Waals surface area contributed by atoms with Crippen molar-refractivity contribution < 1.29 is 9.18 Å². The number of hydrogen-bond donors (Lipinski definition) is 2. The highest BCUT2D eigenvalue weighted by Crippen LogP contribution is 2.10. The lowest BCUT2D eigenvalue weighted by atomic mass is 10.1. The molecule has 3 nitrogen and oxygen atoms in total. The molecule has 3 N–H and O–H groups in total. The third-order valence-corrected chi connectivity index (χ3v) is 2.87. The minimum Gasteiger partial charge on any atom is -0.399 e. The van der Waals surface area contributed by atoms with E-state index in [0.29, 0.717) is 23.4 Å². The highest BCUT2D eigenvalue weighted by atomic mass is 19.1. The van der Waals surface area contributed by atoms with Gasteiger partial charge in [-0.25, -0.2) is 4.39 Å². The summed E-state index contributed by atoms with van der Waals surface area (Å²) in [4.78, 5) is 12.0. The fourth-order valence-corrected chi connectivity index (χ4v) is 1.79. The molecule has 2 aromatic carbocycles. The molecule has 0 aliphatic heterocycles. The lowest BCUT2D eigenvalue weighted by molar-refractivity contribution is 0.0950. The van der Waals surface area contributed by atoms with Gasteiger partial charge in [0.1, 0.15) is 5.82 Å². The molecule has 4 heteroatoms. The zero-order chi connectivity index (χ0) is 13.8. The van der Waals surface area contributed by atoms with Gasteiger partial charge in [0.25, 0.3) is 5.91 Å². The summed E-state index contributed by atoms with van der Waals surface area (Å²) in [6.45, 7) is 2.12. The predicted molar refractivity (Wildman–Crippen MR) is 73.2 cm³/mol. The van der Waals surface area contributed by atoms with Crippen LogP contribution in [0.3, 0.4) is 0 Å². The lowest BCUT2D eigenvalue weighted by Gasteiger charge is -2.08. The van der Waals surface area contributed by atoms with Gasteiger partial charge in [-0.1, -0.05) is 12.1 Å². The first-order valence-electron chi connectivity index (χ1n) is 5.95. The molecule has 0 aromatic heterocycles. The predicted octanol–water partition coefficient (Wildman–Crippen LogP) is 2.65. The van der Waals surface area contributed by atoms with Gasteiger partial charge in [0.05, 0.1) is 0 Å². The fraction of sp³-hybridized carbons (Fsp3) is 0.133. The van der Waals surface area contributed by atoms with Crippen LogP contribution < -0.4 is 11.1 Å². The molecule has 19 heavy (non-hydrogen) atoms. The molecule has 0 bridgehead atoms. The zero-order valence-electron chi connectivity index (χ0n) is 10.6. The molecular weight excluding hydrogens is 243 g/mol. The van der Waals surface area contributed by atoms with Gasteiger partial charge in [0.2, 0.25) is 0 Å². The van der Waals surface area contributed by atoms with Crippen molar-refractivity contribution in [3.05, 3.63) is 65.0 Å². The Bertz CT molecular complexity index is 594. The van der Waals surface area contributed by atoms with E-state index < -0.39 is 0 Å². The average Bonchev–Trinajstić information content (AvgIpc) is 2.37. The smallest absolute Gasteiger partial charge is 0.251 e. The summed E-state index contributed by atoms with van der Waals surface area (Å²) < 4.78 is 13.0. The van der Waals surface area contributed by atoms with Crippen molar-refractivity contribution in [1.29, 1.82) is 0 Å². The van der Waals surface area contributed by atoms with Crippen LogP contribution in [0.5, 0.6) is 0 Å². The minimum absolute atomic E-state index is 0.214. The molecule has 0 saturated heterocycles. The van der Waals surface area contributed by atoms with E-state index in [1.54, 1.807) is 19.1 Å². The molecule has 0 aliphatic rings. The van der Waals surface area contributed by atoms with E-state index in [2.05, 4.69) is 5.32 Å². The zero-order valence-corrected chi connectivity index (χ0v) is 10.6. The quantitative estimate of drug-likeness (QED) is 0.831. The van der Waals surface area contributed by atoms with Crippen LogP contribution in [-0.2, 0) is 6.54 Å². The normalized spacial score (nSPS) is 10.2.